The van der Waals surface area contributed by atoms with Gasteiger partial charge < -0.3 is 24.5 Å². The lowest BCUT2D eigenvalue weighted by Gasteiger charge is -2.40. The number of carbonyl (C=O) groups is 2. The van der Waals surface area contributed by atoms with Crippen molar-refractivity contribution in [2.45, 2.75) is 32.5 Å². The summed E-state index contributed by atoms with van der Waals surface area (Å²) in [6, 6.07) is 4.35. The lowest BCUT2D eigenvalue weighted by atomic mass is 9.73. The number of halogens is 2. The van der Waals surface area contributed by atoms with Crippen molar-refractivity contribution in [2.24, 2.45) is 5.41 Å². The van der Waals surface area contributed by atoms with Crippen molar-refractivity contribution in [3.8, 4) is 5.75 Å². The number of ketones is 1. The lowest BCUT2D eigenvalue weighted by Crippen LogP contribution is -2.50. The van der Waals surface area contributed by atoms with Gasteiger partial charge in [0.2, 0.25) is 5.43 Å². The van der Waals surface area contributed by atoms with Crippen LogP contribution in [0.2, 0.25) is 5.02 Å². The Bertz CT molecular complexity index is 1120. The fourth-order valence-corrected chi connectivity index (χ4v) is 4.06. The molecule has 1 aliphatic heterocycles. The van der Waals surface area contributed by atoms with Crippen LogP contribution in [-0.2, 0) is 22.6 Å². The average molecular weight is 467 g/mol. The number of pyridine rings is 1. The summed E-state index contributed by atoms with van der Waals surface area (Å²) >= 11 is 5.74. The van der Waals surface area contributed by atoms with Gasteiger partial charge in [0.15, 0.2) is 11.5 Å². The van der Waals surface area contributed by atoms with Gasteiger partial charge in [0.1, 0.15) is 17.1 Å². The lowest BCUT2D eigenvalue weighted by molar-refractivity contribution is -0.0262. The van der Waals surface area contributed by atoms with Crippen molar-refractivity contribution in [3.63, 3.8) is 0 Å². The highest BCUT2D eigenvalue weighted by atomic mass is 35.5. The van der Waals surface area contributed by atoms with Gasteiger partial charge in [-0.2, -0.15) is 0 Å². The van der Waals surface area contributed by atoms with Gasteiger partial charge >= 0.3 is 0 Å². The Morgan fingerprint density at radius 1 is 1.38 bits per heavy atom. The van der Waals surface area contributed by atoms with Crippen LogP contribution in [0.1, 0.15) is 39.8 Å². The number of methoxy groups -OCH3 is 2. The number of nitrogens with zero attached hydrogens (tertiary/aromatic N) is 1. The third-order valence-corrected chi connectivity index (χ3v) is 6.18. The Morgan fingerprint density at radius 2 is 2.09 bits per heavy atom. The van der Waals surface area contributed by atoms with E-state index in [1.54, 1.807) is 6.92 Å². The molecule has 2 atom stereocenters. The van der Waals surface area contributed by atoms with E-state index in [2.05, 4.69) is 5.32 Å². The molecule has 1 aromatic carbocycles. The number of aromatic nitrogens is 1. The molecule has 2 N–H and O–H groups in total. The first-order chi connectivity index (χ1) is 15.2. The maximum Gasteiger partial charge on any atom is 0.257 e. The van der Waals surface area contributed by atoms with E-state index >= 15 is 0 Å². The number of nitrogens with one attached hydrogen (secondary N) is 1. The molecule has 0 fully saturated rings. The zero-order chi connectivity index (χ0) is 23.6. The molecule has 1 amide bonds. The molecule has 1 aliphatic rings. The molecule has 2 heterocycles. The summed E-state index contributed by atoms with van der Waals surface area (Å²) in [6.07, 6.45) is 0.957. The first kappa shape index (κ1) is 23.9. The number of aromatic hydroxyl groups is 1. The number of rotatable bonds is 7. The van der Waals surface area contributed by atoms with Crippen molar-refractivity contribution in [3.05, 3.63) is 62.3 Å². The molecule has 1 aromatic heterocycles. The summed E-state index contributed by atoms with van der Waals surface area (Å²) in [7, 11) is 2.97. The molecule has 0 saturated carbocycles. The molecule has 10 heteroatoms. The largest absolute Gasteiger partial charge is 0.503 e. The maximum absolute atomic E-state index is 14.1. The summed E-state index contributed by atoms with van der Waals surface area (Å²) in [5, 5.41) is 12.9. The second-order valence-electron chi connectivity index (χ2n) is 7.83. The summed E-state index contributed by atoms with van der Waals surface area (Å²) in [5.41, 5.74) is -2.44. The molecule has 0 bridgehead atoms. The highest BCUT2D eigenvalue weighted by Crippen LogP contribution is 2.39. The molecular weight excluding hydrogens is 443 g/mol. The van der Waals surface area contributed by atoms with E-state index in [9.17, 15) is 23.9 Å². The fraction of sp³-hybridized carbons (Fsp3) is 0.409. The standard InChI is InChI=1S/C22H24ClFN2O6/c1-22(7-8-31-2)15(32-3)11-26-10-13(18(27)19(28)17(26)20(22)29)21(30)25-9-12-5-4-6-14(23)16(12)24/h4-6,10,15,28H,7-9,11H2,1-3H3,(H,25,30)/t15-,22+/m0/s1. The van der Waals surface area contributed by atoms with Crippen LogP contribution in [0.15, 0.2) is 29.2 Å². The Morgan fingerprint density at radius 3 is 2.75 bits per heavy atom. The predicted molar refractivity (Wildman–Crippen MR) is 115 cm³/mol. The Kier molecular flexibility index (Phi) is 7.02. The third-order valence-electron chi connectivity index (χ3n) is 5.89. The molecule has 0 unspecified atom stereocenters. The van der Waals surface area contributed by atoms with E-state index in [1.807, 2.05) is 0 Å². The van der Waals surface area contributed by atoms with Gasteiger partial charge in [-0.15, -0.1) is 0 Å². The Balaban J connectivity index is 1.94. The summed E-state index contributed by atoms with van der Waals surface area (Å²) in [5.74, 6) is -2.79. The van der Waals surface area contributed by atoms with Crippen LogP contribution < -0.4 is 10.7 Å². The Hall–Kier alpha value is -2.75. The van der Waals surface area contributed by atoms with E-state index < -0.39 is 40.2 Å². The number of fused-ring (bicyclic) bond motifs is 1. The molecule has 3 rings (SSSR count). The smallest absolute Gasteiger partial charge is 0.257 e. The summed E-state index contributed by atoms with van der Waals surface area (Å²) in [6.45, 7) is 1.89. The molecule has 0 spiro atoms. The summed E-state index contributed by atoms with van der Waals surface area (Å²) < 4.78 is 26.0. The van der Waals surface area contributed by atoms with Crippen molar-refractivity contribution in [2.75, 3.05) is 20.8 Å². The van der Waals surface area contributed by atoms with Crippen LogP contribution in [0.4, 0.5) is 4.39 Å². The first-order valence-corrected chi connectivity index (χ1v) is 10.3. The molecule has 8 nitrogen and oxygen atoms in total. The van der Waals surface area contributed by atoms with Crippen molar-refractivity contribution in [1.29, 1.82) is 0 Å². The minimum Gasteiger partial charge on any atom is -0.503 e. The van der Waals surface area contributed by atoms with E-state index in [1.165, 1.54) is 43.2 Å². The second kappa shape index (κ2) is 9.40. The quantitative estimate of drug-likeness (QED) is 0.649. The van der Waals surface area contributed by atoms with Crippen molar-refractivity contribution in [1.82, 2.24) is 9.88 Å². The van der Waals surface area contributed by atoms with Crippen LogP contribution in [0.25, 0.3) is 0 Å². The molecule has 0 saturated heterocycles. The van der Waals surface area contributed by atoms with Gasteiger partial charge in [-0.1, -0.05) is 23.7 Å². The topological polar surface area (TPSA) is 107 Å². The van der Waals surface area contributed by atoms with Crippen LogP contribution in [0, 0.1) is 11.2 Å². The SMILES string of the molecule is COCC[C@@]1(C)C(=O)c2c(O)c(=O)c(C(=O)NCc3cccc(Cl)c3F)cn2C[C@@H]1OC. The number of Topliss-reactive ketones (excluding diaryl/α,β-unsaturated/α-hetero) is 1. The van der Waals surface area contributed by atoms with Crippen LogP contribution in [-0.4, -0.2) is 48.3 Å². The maximum atomic E-state index is 14.1. The molecule has 0 radical (unpaired) electrons. The van der Waals surface area contributed by atoms with E-state index in [0.29, 0.717) is 6.42 Å². The fourth-order valence-electron chi connectivity index (χ4n) is 3.87. The zero-order valence-electron chi connectivity index (χ0n) is 17.9. The molecule has 172 valence electrons. The number of amides is 1. The number of carbonyl (C=O) groups excluding carboxylic acids is 2. The van der Waals surface area contributed by atoms with E-state index in [0.717, 1.165) is 0 Å². The monoisotopic (exact) mass is 466 g/mol. The minimum absolute atomic E-state index is 0.0936. The number of hydrogen-bond acceptors (Lipinski definition) is 6. The normalized spacial score (nSPS) is 20.2. The van der Waals surface area contributed by atoms with Crippen LogP contribution >= 0.6 is 11.6 Å². The average Bonchev–Trinajstić information content (AvgIpc) is 2.77. The zero-order valence-corrected chi connectivity index (χ0v) is 18.7. The van der Waals surface area contributed by atoms with Gasteiger partial charge in [0.05, 0.1) is 23.1 Å². The highest BCUT2D eigenvalue weighted by molar-refractivity contribution is 6.30. The van der Waals surface area contributed by atoms with E-state index in [4.69, 9.17) is 21.1 Å². The highest BCUT2D eigenvalue weighted by Gasteiger charge is 2.48. The number of benzene rings is 1. The van der Waals surface area contributed by atoms with Gasteiger partial charge in [0, 0.05) is 39.1 Å². The first-order valence-electron chi connectivity index (χ1n) is 9.89. The Labute approximate surface area is 188 Å². The van der Waals surface area contributed by atoms with Crippen LogP contribution in [0.5, 0.6) is 5.75 Å². The molecule has 2 aromatic rings. The van der Waals surface area contributed by atoms with E-state index in [-0.39, 0.29) is 41.5 Å². The van der Waals surface area contributed by atoms with Crippen molar-refractivity contribution < 1.29 is 28.6 Å². The molecular formula is C22H24ClFN2O6. The van der Waals surface area contributed by atoms with Gasteiger partial charge in [-0.25, -0.2) is 4.39 Å². The van der Waals surface area contributed by atoms with Crippen LogP contribution in [0.3, 0.4) is 0 Å². The van der Waals surface area contributed by atoms with Gasteiger partial charge in [-0.3, -0.25) is 14.4 Å². The number of hydrogen-bond donors (Lipinski definition) is 2. The molecule has 0 aliphatic carbocycles. The molecule has 32 heavy (non-hydrogen) atoms. The van der Waals surface area contributed by atoms with Gasteiger partial charge in [0.25, 0.3) is 5.91 Å². The van der Waals surface area contributed by atoms with Crippen molar-refractivity contribution >= 4 is 23.3 Å². The van der Waals surface area contributed by atoms with Gasteiger partial charge in [-0.05, 0) is 19.4 Å². The minimum atomic E-state index is -1.03. The summed E-state index contributed by atoms with van der Waals surface area (Å²) in [4.78, 5) is 38.6. The second-order valence-corrected chi connectivity index (χ2v) is 8.24. The third kappa shape index (κ3) is 4.15. The number of ether oxygens (including phenoxy) is 2. The predicted octanol–water partition coefficient (Wildman–Crippen LogP) is 2.53.